The van der Waals surface area contributed by atoms with E-state index in [9.17, 15) is 4.79 Å². The van der Waals surface area contributed by atoms with Crippen molar-refractivity contribution in [1.29, 1.82) is 0 Å². The fourth-order valence-electron chi connectivity index (χ4n) is 10.2. The van der Waals surface area contributed by atoms with Crippen molar-refractivity contribution in [2.24, 2.45) is 23.7 Å². The molecule has 548 valence electrons. The highest BCUT2D eigenvalue weighted by atomic mass is 32.1. The lowest BCUT2D eigenvalue weighted by atomic mass is 9.86. The van der Waals surface area contributed by atoms with E-state index in [1.54, 1.807) is 66.0 Å². The molecule has 7 heterocycles. The Kier molecular flexibility index (Phi) is 38.0. The summed E-state index contributed by atoms with van der Waals surface area (Å²) in [6.45, 7) is 50.2. The van der Waals surface area contributed by atoms with Crippen molar-refractivity contribution in [2.45, 2.75) is 173 Å². The number of allylic oxidation sites excluding steroid dienone is 2. The van der Waals surface area contributed by atoms with Gasteiger partial charge in [0.15, 0.2) is 0 Å². The van der Waals surface area contributed by atoms with Crippen molar-refractivity contribution >= 4 is 50.2 Å². The van der Waals surface area contributed by atoms with Gasteiger partial charge in [0.05, 0.1) is 35.7 Å². The van der Waals surface area contributed by atoms with Crippen molar-refractivity contribution in [1.82, 2.24) is 19.9 Å². The molecule has 4 atom stereocenters. The van der Waals surface area contributed by atoms with E-state index in [2.05, 4.69) is 261 Å². The zero-order valence-electron chi connectivity index (χ0n) is 66.7. The molecular weight excluding hydrogens is 1310 g/mol. The molecule has 7 aromatic heterocycles. The largest absolute Gasteiger partial charge is 0.478 e. The Balaban J connectivity index is 0.000000241. The summed E-state index contributed by atoms with van der Waals surface area (Å²) in [5.41, 5.74) is 25.6. The van der Waals surface area contributed by atoms with Crippen molar-refractivity contribution in [3.05, 3.63) is 352 Å². The highest BCUT2D eigenvalue weighted by Crippen LogP contribution is 2.47. The molecule has 1 N–H and O–H groups in total. The lowest BCUT2D eigenvalue weighted by Crippen LogP contribution is -2.12. The van der Waals surface area contributed by atoms with E-state index in [1.807, 2.05) is 105 Å². The Morgan fingerprint density at radius 2 is 0.894 bits per heavy atom. The molecular formula is C94H116N4O4S2. The number of carbonyl (C=O) groups is 1. The second-order valence-electron chi connectivity index (χ2n) is 27.3. The fourth-order valence-corrected chi connectivity index (χ4v) is 11.8. The highest BCUT2D eigenvalue weighted by Gasteiger charge is 2.38. The molecule has 6 aromatic carbocycles. The number of aromatic nitrogens is 4. The fraction of sp³-hybridized carbons (Fsp3) is 0.309. The van der Waals surface area contributed by atoms with Gasteiger partial charge < -0.3 is 13.9 Å². The third-order valence-electron chi connectivity index (χ3n) is 19.5. The standard InChI is InChI=1S/2C12H12.C9H10O2.C9H14.C8H10.2C7H9N.C6H8N2.2C6H8O.2C6H8S/c1-9-7-11-5-3-4-6-12(11)8-10(9)2;1-9-7-8-11-5-3-4-6-12(11)10(9)2;1-6-3-4-8(9(10)11)5-7(6)2;1-6-7(2)9-4-3-8(6)5-9;1-7-5-3-4-6-8(7)2;1-6-3-4-8-5-7(6)2;1-6-4-3-5-8-7(6)2;1-5-6(2)8-4-3-7-5;1-5-3-7-4-6(5)2;1-5-3-4-7-6(5)2;1-5-3-7-4-6(5)2;1-5-3-4-7-6(5)2/h2*3-8H,1-2H3;3-5H,1-2H3,(H,10,11);3-4,6-9H,5H2,1-2H3;3-6H,1-2H3;2*3-5H,1-2H3;3-4H,1-2H3;4*3-4H,1-2H3. The van der Waals surface area contributed by atoms with Gasteiger partial charge in [-0.15, -0.1) is 11.3 Å². The number of rotatable bonds is 1. The number of hydrogen-bond donors (Lipinski definition) is 1. The Morgan fingerprint density at radius 3 is 1.23 bits per heavy atom. The number of carboxylic acids is 1. The zero-order chi connectivity index (χ0) is 77.0. The topological polar surface area (TPSA) is 115 Å². The number of nitrogens with zero attached hydrogens (tertiary/aromatic N) is 4. The number of hydrogen-bond acceptors (Lipinski definition) is 9. The molecule has 4 unspecified atom stereocenters. The molecule has 2 bridgehead atoms. The van der Waals surface area contributed by atoms with Crippen LogP contribution in [0.25, 0.3) is 21.5 Å². The zero-order valence-corrected chi connectivity index (χ0v) is 68.3. The minimum atomic E-state index is -0.867. The third-order valence-corrected chi connectivity index (χ3v) is 21.4. The van der Waals surface area contributed by atoms with E-state index < -0.39 is 5.97 Å². The van der Waals surface area contributed by atoms with Gasteiger partial charge in [-0.3, -0.25) is 19.9 Å². The van der Waals surface area contributed by atoms with Crippen LogP contribution >= 0.6 is 22.7 Å². The Morgan fingerprint density at radius 1 is 0.413 bits per heavy atom. The quantitative estimate of drug-likeness (QED) is 0.162. The Hall–Kier alpha value is -9.61. The third kappa shape index (κ3) is 30.4. The summed E-state index contributed by atoms with van der Waals surface area (Å²) in [6.07, 6.45) is 20.3. The first-order chi connectivity index (χ1) is 49.4. The first-order valence-electron chi connectivity index (χ1n) is 35.8. The van der Waals surface area contributed by atoms with Crippen LogP contribution in [-0.2, 0) is 0 Å². The summed E-state index contributed by atoms with van der Waals surface area (Å²) >= 11 is 3.57. The van der Waals surface area contributed by atoms with Gasteiger partial charge in [-0.2, -0.15) is 11.3 Å². The van der Waals surface area contributed by atoms with E-state index in [0.717, 1.165) is 57.6 Å². The minimum absolute atomic E-state index is 0.355. The maximum absolute atomic E-state index is 10.5. The van der Waals surface area contributed by atoms with Crippen molar-refractivity contribution in [2.75, 3.05) is 0 Å². The molecule has 8 nitrogen and oxygen atoms in total. The van der Waals surface area contributed by atoms with Gasteiger partial charge in [0, 0.05) is 41.6 Å². The van der Waals surface area contributed by atoms with Crippen molar-refractivity contribution in [3.63, 3.8) is 0 Å². The molecule has 0 spiro atoms. The molecule has 15 rings (SSSR count). The van der Waals surface area contributed by atoms with Crippen LogP contribution in [-0.4, -0.2) is 31.0 Å². The summed E-state index contributed by atoms with van der Waals surface area (Å²) in [6, 6.07) is 49.4. The van der Waals surface area contributed by atoms with Gasteiger partial charge >= 0.3 is 5.97 Å². The van der Waals surface area contributed by atoms with Crippen LogP contribution in [0.4, 0.5) is 0 Å². The van der Waals surface area contributed by atoms with Gasteiger partial charge in [0.2, 0.25) is 0 Å². The number of aryl methyl sites for hydroxylation is 22. The van der Waals surface area contributed by atoms with Crippen molar-refractivity contribution in [3.8, 4) is 0 Å². The number of benzene rings is 6. The van der Waals surface area contributed by atoms with Crippen LogP contribution in [0.15, 0.2) is 232 Å². The number of carboxylic acid groups (broad SMARTS) is 1. The predicted molar refractivity (Wildman–Crippen MR) is 448 cm³/mol. The molecule has 1 saturated carbocycles. The lowest BCUT2D eigenvalue weighted by Gasteiger charge is -2.19. The normalized spacial score (nSPS) is 13.6. The van der Waals surface area contributed by atoms with Crippen LogP contribution in [0.3, 0.4) is 0 Å². The molecule has 0 radical (unpaired) electrons. The first kappa shape index (κ1) is 86.8. The number of pyridine rings is 2. The molecule has 104 heavy (non-hydrogen) atoms. The van der Waals surface area contributed by atoms with Gasteiger partial charge in [-0.25, -0.2) is 4.79 Å². The van der Waals surface area contributed by atoms with Crippen molar-refractivity contribution < 1.29 is 18.7 Å². The molecule has 2 aliphatic rings. The Labute approximate surface area is 632 Å². The molecule has 10 heteroatoms. The molecule has 0 amide bonds. The van der Waals surface area contributed by atoms with Gasteiger partial charge in [0.1, 0.15) is 5.76 Å². The summed E-state index contributed by atoms with van der Waals surface area (Å²) in [5.74, 6) is 3.93. The maximum Gasteiger partial charge on any atom is 0.335 e. The van der Waals surface area contributed by atoms with Crippen LogP contribution in [0.2, 0.25) is 0 Å². The summed E-state index contributed by atoms with van der Waals surface area (Å²) in [7, 11) is 0. The number of aromatic carboxylic acids is 1. The smallest absolute Gasteiger partial charge is 0.335 e. The van der Waals surface area contributed by atoms with Gasteiger partial charge in [-0.05, 0) is 351 Å². The highest BCUT2D eigenvalue weighted by molar-refractivity contribution is 7.10. The van der Waals surface area contributed by atoms with Crippen LogP contribution in [0, 0.1) is 176 Å². The van der Waals surface area contributed by atoms with E-state index in [4.69, 9.17) is 13.9 Å². The average Bonchev–Trinajstić information content (AvgIpc) is 1.59. The van der Waals surface area contributed by atoms with E-state index in [0.29, 0.717) is 5.56 Å². The summed E-state index contributed by atoms with van der Waals surface area (Å²) < 4.78 is 9.81. The first-order valence-corrected chi connectivity index (χ1v) is 37.6. The monoisotopic (exact) mass is 1430 g/mol. The molecule has 13 aromatic rings. The van der Waals surface area contributed by atoms with E-state index in [1.165, 1.54) is 116 Å². The molecule has 0 saturated heterocycles. The Bertz CT molecular complexity index is 4160. The van der Waals surface area contributed by atoms with Gasteiger partial charge in [-0.1, -0.05) is 135 Å². The molecule has 2 aliphatic carbocycles. The SMILES string of the molecule is CC1C2C=CC(C2)C1C.Cc1cc2ccccc2cc1C.Cc1ccc(C(=O)O)cc1C.Cc1ccc2ccccc2c1C.Cc1ccccc1C.Cc1cccnc1C.Cc1ccncc1C.Cc1ccoc1C.Cc1ccsc1C.Cc1cocc1C.Cc1cscc1C.Cc1nccnc1C. The van der Waals surface area contributed by atoms with E-state index in [-0.39, 0.29) is 0 Å². The van der Waals surface area contributed by atoms with Crippen LogP contribution in [0.1, 0.15) is 153 Å². The van der Waals surface area contributed by atoms with E-state index >= 15 is 0 Å². The molecule has 1 fully saturated rings. The summed E-state index contributed by atoms with van der Waals surface area (Å²) in [4.78, 5) is 28.0. The summed E-state index contributed by atoms with van der Waals surface area (Å²) in [5, 5.41) is 20.4. The minimum Gasteiger partial charge on any atom is -0.478 e. The lowest BCUT2D eigenvalue weighted by molar-refractivity contribution is 0.0696. The second-order valence-corrected chi connectivity index (χ2v) is 29.1. The maximum atomic E-state index is 10.5. The predicted octanol–water partition coefficient (Wildman–Crippen LogP) is 26.7. The van der Waals surface area contributed by atoms with Crippen LogP contribution in [0.5, 0.6) is 0 Å². The number of fused-ring (bicyclic) bond motifs is 4. The molecule has 0 aliphatic heterocycles. The second kappa shape index (κ2) is 45.5. The van der Waals surface area contributed by atoms with Gasteiger partial charge in [0.25, 0.3) is 0 Å². The average molecular weight is 1430 g/mol. The number of furan rings is 2. The number of thiophene rings is 2. The van der Waals surface area contributed by atoms with Crippen LogP contribution < -0.4 is 0 Å².